The highest BCUT2D eigenvalue weighted by atomic mass is 19.3. The minimum absolute atomic E-state index is 0.0571. The minimum atomic E-state index is -2.94. The number of carbonyl (C=O) groups is 2. The van der Waals surface area contributed by atoms with E-state index in [1.807, 2.05) is 0 Å². The Labute approximate surface area is 154 Å². The van der Waals surface area contributed by atoms with Gasteiger partial charge in [0, 0.05) is 13.6 Å². The Morgan fingerprint density at radius 2 is 2.04 bits per heavy atom. The Morgan fingerprint density at radius 1 is 1.26 bits per heavy atom. The maximum atomic E-state index is 12.3. The number of amides is 2. The number of halogens is 2. The predicted octanol–water partition coefficient (Wildman–Crippen LogP) is 2.32. The molecule has 1 aromatic heterocycles. The molecule has 0 atom stereocenters. The van der Waals surface area contributed by atoms with E-state index in [4.69, 9.17) is 9.15 Å². The van der Waals surface area contributed by atoms with Crippen LogP contribution >= 0.6 is 0 Å². The minimum Gasteiger partial charge on any atom is -0.493 e. The first-order valence-corrected chi connectivity index (χ1v) is 8.08. The molecule has 0 radical (unpaired) electrons. The highest BCUT2D eigenvalue weighted by Crippen LogP contribution is 2.29. The number of nitrogens with zero attached hydrogens (tertiary/aromatic N) is 1. The maximum Gasteiger partial charge on any atom is 0.387 e. The van der Waals surface area contributed by atoms with Gasteiger partial charge in [-0.3, -0.25) is 9.59 Å². The second-order valence-electron chi connectivity index (χ2n) is 5.60. The van der Waals surface area contributed by atoms with E-state index in [-0.39, 0.29) is 29.7 Å². The standard InChI is InChI=1S/C18H20F2N2O5/c1-22(17(24)14-4-3-9-26-14)11-16(23)21-8-7-12-5-6-13(27-18(19)20)15(10-12)25-2/h3-6,9-10,18H,7-8,11H2,1-2H3,(H,21,23). The fraction of sp³-hybridized carbons (Fsp3) is 0.333. The van der Waals surface area contributed by atoms with Gasteiger partial charge in [-0.2, -0.15) is 8.78 Å². The van der Waals surface area contributed by atoms with Gasteiger partial charge in [0.1, 0.15) is 0 Å². The van der Waals surface area contributed by atoms with E-state index in [1.54, 1.807) is 18.2 Å². The summed E-state index contributed by atoms with van der Waals surface area (Å²) in [6.07, 6.45) is 1.83. The van der Waals surface area contributed by atoms with Crippen molar-refractivity contribution in [1.29, 1.82) is 0 Å². The van der Waals surface area contributed by atoms with Gasteiger partial charge < -0.3 is 24.1 Å². The molecule has 2 aromatic rings. The number of benzene rings is 1. The SMILES string of the molecule is COc1cc(CCNC(=O)CN(C)C(=O)c2ccco2)ccc1OC(F)F. The molecule has 0 spiro atoms. The van der Waals surface area contributed by atoms with Crippen molar-refractivity contribution in [3.05, 3.63) is 47.9 Å². The van der Waals surface area contributed by atoms with Crippen molar-refractivity contribution in [2.24, 2.45) is 0 Å². The molecular weight excluding hydrogens is 362 g/mol. The number of ether oxygens (including phenoxy) is 2. The Morgan fingerprint density at radius 3 is 2.67 bits per heavy atom. The summed E-state index contributed by atoms with van der Waals surface area (Å²) in [5.74, 6) is -0.443. The average Bonchev–Trinajstić information content (AvgIpc) is 3.16. The van der Waals surface area contributed by atoms with Crippen molar-refractivity contribution in [3.8, 4) is 11.5 Å². The Bertz CT molecular complexity index is 765. The lowest BCUT2D eigenvalue weighted by molar-refractivity contribution is -0.121. The molecule has 0 unspecified atom stereocenters. The van der Waals surface area contributed by atoms with E-state index in [0.717, 1.165) is 5.56 Å². The van der Waals surface area contributed by atoms with Crippen molar-refractivity contribution in [2.75, 3.05) is 27.2 Å². The first kappa shape index (κ1) is 20.2. The summed E-state index contributed by atoms with van der Waals surface area (Å²) in [5, 5.41) is 2.69. The van der Waals surface area contributed by atoms with Crippen LogP contribution in [0.15, 0.2) is 41.0 Å². The molecule has 27 heavy (non-hydrogen) atoms. The molecule has 0 aliphatic rings. The monoisotopic (exact) mass is 382 g/mol. The number of hydrogen-bond acceptors (Lipinski definition) is 5. The zero-order valence-corrected chi connectivity index (χ0v) is 14.9. The van der Waals surface area contributed by atoms with Crippen molar-refractivity contribution in [2.45, 2.75) is 13.0 Å². The van der Waals surface area contributed by atoms with Gasteiger partial charge in [-0.15, -0.1) is 0 Å². The summed E-state index contributed by atoms with van der Waals surface area (Å²) >= 11 is 0. The third kappa shape index (κ3) is 5.98. The van der Waals surface area contributed by atoms with E-state index in [0.29, 0.717) is 13.0 Å². The van der Waals surface area contributed by atoms with Gasteiger partial charge in [0.15, 0.2) is 17.3 Å². The molecule has 146 valence electrons. The molecule has 0 saturated heterocycles. The average molecular weight is 382 g/mol. The Kier molecular flexibility index (Phi) is 7.16. The smallest absolute Gasteiger partial charge is 0.387 e. The summed E-state index contributed by atoms with van der Waals surface area (Å²) in [7, 11) is 2.85. The molecule has 0 aliphatic carbocycles. The number of carbonyl (C=O) groups excluding carboxylic acids is 2. The lowest BCUT2D eigenvalue weighted by Crippen LogP contribution is -2.38. The lowest BCUT2D eigenvalue weighted by atomic mass is 10.1. The molecule has 1 N–H and O–H groups in total. The van der Waals surface area contributed by atoms with Crippen molar-refractivity contribution >= 4 is 11.8 Å². The van der Waals surface area contributed by atoms with E-state index in [9.17, 15) is 18.4 Å². The second kappa shape index (κ2) is 9.56. The molecule has 9 heteroatoms. The fourth-order valence-corrected chi connectivity index (χ4v) is 2.34. The van der Waals surface area contributed by atoms with E-state index >= 15 is 0 Å². The first-order chi connectivity index (χ1) is 12.9. The number of alkyl halides is 2. The second-order valence-corrected chi connectivity index (χ2v) is 5.60. The molecule has 0 bridgehead atoms. The molecular formula is C18H20F2N2O5. The van der Waals surface area contributed by atoms with Crippen LogP contribution < -0.4 is 14.8 Å². The maximum absolute atomic E-state index is 12.3. The molecule has 0 aliphatic heterocycles. The zero-order valence-electron chi connectivity index (χ0n) is 14.9. The summed E-state index contributed by atoms with van der Waals surface area (Å²) in [6, 6.07) is 7.67. The summed E-state index contributed by atoms with van der Waals surface area (Å²) in [4.78, 5) is 25.2. The van der Waals surface area contributed by atoms with Crippen LogP contribution in [0.3, 0.4) is 0 Å². The van der Waals surface area contributed by atoms with Gasteiger partial charge >= 0.3 is 6.61 Å². The van der Waals surface area contributed by atoms with Crippen LogP contribution in [0.1, 0.15) is 16.1 Å². The molecule has 1 aromatic carbocycles. The van der Waals surface area contributed by atoms with Crippen molar-refractivity contribution < 1.29 is 32.3 Å². The van der Waals surface area contributed by atoms with Crippen LogP contribution in [0.2, 0.25) is 0 Å². The normalized spacial score (nSPS) is 10.6. The van der Waals surface area contributed by atoms with Crippen LogP contribution in [0.25, 0.3) is 0 Å². The van der Waals surface area contributed by atoms with Crippen LogP contribution in [-0.2, 0) is 11.2 Å². The number of likely N-dealkylation sites (N-methyl/N-ethyl adjacent to an activating group) is 1. The zero-order chi connectivity index (χ0) is 19.8. The predicted molar refractivity (Wildman–Crippen MR) is 92.0 cm³/mol. The molecule has 0 saturated carbocycles. The molecule has 2 rings (SSSR count). The van der Waals surface area contributed by atoms with E-state index < -0.39 is 12.5 Å². The molecule has 0 fully saturated rings. The Hall–Kier alpha value is -3.10. The van der Waals surface area contributed by atoms with E-state index in [1.165, 1.54) is 37.5 Å². The van der Waals surface area contributed by atoms with Gasteiger partial charge in [0.2, 0.25) is 5.91 Å². The van der Waals surface area contributed by atoms with Crippen molar-refractivity contribution in [3.63, 3.8) is 0 Å². The molecule has 7 nitrogen and oxygen atoms in total. The highest BCUT2D eigenvalue weighted by molar-refractivity contribution is 5.94. The third-order valence-corrected chi connectivity index (χ3v) is 3.64. The van der Waals surface area contributed by atoms with Gasteiger partial charge in [-0.05, 0) is 36.2 Å². The van der Waals surface area contributed by atoms with Gasteiger partial charge in [-0.25, -0.2) is 0 Å². The lowest BCUT2D eigenvalue weighted by Gasteiger charge is -2.15. The van der Waals surface area contributed by atoms with Gasteiger partial charge in [0.25, 0.3) is 5.91 Å². The topological polar surface area (TPSA) is 81.0 Å². The number of furan rings is 1. The van der Waals surface area contributed by atoms with E-state index in [2.05, 4.69) is 10.1 Å². The van der Waals surface area contributed by atoms with Crippen LogP contribution in [0, 0.1) is 0 Å². The summed E-state index contributed by atoms with van der Waals surface area (Å²) in [6.45, 7) is -2.76. The Balaban J connectivity index is 1.81. The van der Waals surface area contributed by atoms with Gasteiger partial charge in [-0.1, -0.05) is 6.07 Å². The van der Waals surface area contributed by atoms with Gasteiger partial charge in [0.05, 0.1) is 19.9 Å². The van der Waals surface area contributed by atoms with Crippen molar-refractivity contribution in [1.82, 2.24) is 10.2 Å². The third-order valence-electron chi connectivity index (χ3n) is 3.64. The van der Waals surface area contributed by atoms with Crippen LogP contribution in [0.4, 0.5) is 8.78 Å². The van der Waals surface area contributed by atoms with Crippen LogP contribution in [0.5, 0.6) is 11.5 Å². The molecule has 2 amide bonds. The molecule has 1 heterocycles. The first-order valence-electron chi connectivity index (χ1n) is 8.08. The summed E-state index contributed by atoms with van der Waals surface area (Å²) in [5.41, 5.74) is 0.772. The number of hydrogen-bond donors (Lipinski definition) is 1. The number of rotatable bonds is 9. The highest BCUT2D eigenvalue weighted by Gasteiger charge is 2.17. The number of nitrogens with one attached hydrogen (secondary N) is 1. The van der Waals surface area contributed by atoms with Crippen LogP contribution in [-0.4, -0.2) is 50.6 Å². The largest absolute Gasteiger partial charge is 0.493 e. The summed E-state index contributed by atoms with van der Waals surface area (Å²) < 4.78 is 39.0. The fourth-order valence-electron chi connectivity index (χ4n) is 2.34. The number of methoxy groups -OCH3 is 1. The quantitative estimate of drug-likeness (QED) is 0.720.